The number of aromatic nitrogens is 1. The van der Waals surface area contributed by atoms with Crippen LogP contribution in [0.3, 0.4) is 0 Å². The first-order valence-electron chi connectivity index (χ1n) is 6.06. The van der Waals surface area contributed by atoms with Gasteiger partial charge in [0, 0.05) is 0 Å². The van der Waals surface area contributed by atoms with Gasteiger partial charge >= 0.3 is 5.97 Å². The van der Waals surface area contributed by atoms with E-state index in [1.54, 1.807) is 0 Å². The number of ether oxygens (including phenoxy) is 1. The van der Waals surface area contributed by atoms with Crippen LogP contribution in [0.15, 0.2) is 18.2 Å². The zero-order valence-electron chi connectivity index (χ0n) is 11.3. The van der Waals surface area contributed by atoms with Gasteiger partial charge in [-0.15, -0.1) is 0 Å². The molecule has 0 radical (unpaired) electrons. The minimum atomic E-state index is -1.10. The highest BCUT2D eigenvalue weighted by Crippen LogP contribution is 2.35. The Bertz CT molecular complexity index is 652. The Labute approximate surface area is 126 Å². The van der Waals surface area contributed by atoms with Gasteiger partial charge in [-0.3, -0.25) is 0 Å². The molecule has 106 valence electrons. The van der Waals surface area contributed by atoms with Crippen molar-refractivity contribution in [3.05, 3.63) is 39.4 Å². The number of halogens is 1. The average molecular weight is 312 g/mol. The Morgan fingerprint density at radius 2 is 2.15 bits per heavy atom. The fraction of sp³-hybridized carbons (Fsp3) is 0.286. The zero-order chi connectivity index (χ0) is 14.9. The highest BCUT2D eigenvalue weighted by molar-refractivity contribution is 7.15. The third kappa shape index (κ3) is 3.11. The monoisotopic (exact) mass is 311 g/mol. The van der Waals surface area contributed by atoms with Crippen molar-refractivity contribution in [2.24, 2.45) is 0 Å². The Hall–Kier alpha value is -1.59. The van der Waals surface area contributed by atoms with Crippen LogP contribution in [0.4, 0.5) is 0 Å². The van der Waals surface area contributed by atoms with Gasteiger partial charge in [0.05, 0.1) is 0 Å². The molecule has 2 aromatic rings. The van der Waals surface area contributed by atoms with Crippen LogP contribution >= 0.6 is 22.9 Å². The van der Waals surface area contributed by atoms with Gasteiger partial charge in [-0.05, 0) is 30.0 Å². The average Bonchev–Trinajstić information content (AvgIpc) is 2.70. The largest absolute Gasteiger partial charge is 0.477 e. The van der Waals surface area contributed by atoms with E-state index in [1.807, 2.05) is 25.1 Å². The quantitative estimate of drug-likeness (QED) is 0.887. The molecule has 1 aromatic heterocycles. The number of hydrogen-bond acceptors (Lipinski definition) is 4. The summed E-state index contributed by atoms with van der Waals surface area (Å²) in [7, 11) is 0. The fourth-order valence-electron chi connectivity index (χ4n) is 1.76. The zero-order valence-corrected chi connectivity index (χ0v) is 12.9. The van der Waals surface area contributed by atoms with Crippen LogP contribution in [0.2, 0.25) is 5.15 Å². The first-order chi connectivity index (χ1) is 9.38. The predicted molar refractivity (Wildman–Crippen MR) is 79.4 cm³/mol. The molecule has 0 fully saturated rings. The Balaban J connectivity index is 2.37. The first-order valence-corrected chi connectivity index (χ1v) is 7.26. The molecule has 0 aliphatic carbocycles. The molecular weight excluding hydrogens is 298 g/mol. The molecule has 1 aromatic carbocycles. The van der Waals surface area contributed by atoms with Crippen molar-refractivity contribution in [1.82, 2.24) is 4.98 Å². The summed E-state index contributed by atoms with van der Waals surface area (Å²) in [5, 5.41) is 9.15. The molecule has 4 nitrogen and oxygen atoms in total. The molecule has 1 heterocycles. The topological polar surface area (TPSA) is 59.4 Å². The molecule has 1 N–H and O–H groups in total. The van der Waals surface area contributed by atoms with Crippen LogP contribution in [-0.2, 0) is 0 Å². The van der Waals surface area contributed by atoms with Crippen LogP contribution in [0.25, 0.3) is 0 Å². The molecule has 6 heteroatoms. The molecule has 0 saturated heterocycles. The Kier molecular flexibility index (Phi) is 4.30. The maximum atomic E-state index is 10.9. The minimum Gasteiger partial charge on any atom is -0.477 e. The fourth-order valence-corrected chi connectivity index (χ4v) is 2.74. The van der Waals surface area contributed by atoms with E-state index in [4.69, 9.17) is 21.4 Å². The number of rotatable bonds is 4. The maximum Gasteiger partial charge on any atom is 0.349 e. The summed E-state index contributed by atoms with van der Waals surface area (Å²) in [6.07, 6.45) is 0. The SMILES string of the molecule is Cc1ccc(C(C)C)c(Oc2nc(Cl)c(C(=O)O)s2)c1. The van der Waals surface area contributed by atoms with Crippen LogP contribution in [-0.4, -0.2) is 16.1 Å². The van der Waals surface area contributed by atoms with Gasteiger partial charge in [0.25, 0.3) is 5.19 Å². The third-order valence-electron chi connectivity index (χ3n) is 2.75. The van der Waals surface area contributed by atoms with Crippen molar-refractivity contribution in [3.8, 4) is 10.9 Å². The van der Waals surface area contributed by atoms with Gasteiger partial charge in [-0.2, -0.15) is 4.98 Å². The van der Waals surface area contributed by atoms with Crippen molar-refractivity contribution in [2.75, 3.05) is 0 Å². The number of nitrogens with zero attached hydrogens (tertiary/aromatic N) is 1. The van der Waals surface area contributed by atoms with Gasteiger partial charge in [0.1, 0.15) is 5.75 Å². The molecule has 0 aliphatic heterocycles. The number of hydrogen-bond donors (Lipinski definition) is 1. The number of aryl methyl sites for hydroxylation is 1. The maximum absolute atomic E-state index is 10.9. The Morgan fingerprint density at radius 1 is 1.45 bits per heavy atom. The molecular formula is C14H14ClNO3S. The summed E-state index contributed by atoms with van der Waals surface area (Å²) >= 11 is 6.70. The molecule has 20 heavy (non-hydrogen) atoms. The molecule has 2 rings (SSSR count). The van der Waals surface area contributed by atoms with Gasteiger partial charge in [-0.1, -0.05) is 48.9 Å². The van der Waals surface area contributed by atoms with Crippen LogP contribution < -0.4 is 4.74 Å². The lowest BCUT2D eigenvalue weighted by molar-refractivity contribution is 0.0702. The van der Waals surface area contributed by atoms with E-state index in [-0.39, 0.29) is 15.2 Å². The molecule has 0 saturated carbocycles. The second kappa shape index (κ2) is 5.81. The van der Waals surface area contributed by atoms with Gasteiger partial charge in [-0.25, -0.2) is 4.79 Å². The van der Waals surface area contributed by atoms with Crippen LogP contribution in [0, 0.1) is 6.92 Å². The second-order valence-electron chi connectivity index (χ2n) is 4.70. The van der Waals surface area contributed by atoms with E-state index in [2.05, 4.69) is 18.8 Å². The van der Waals surface area contributed by atoms with Crippen molar-refractivity contribution >= 4 is 28.9 Å². The number of carboxylic acids is 1. The summed E-state index contributed by atoms with van der Waals surface area (Å²) in [6.45, 7) is 6.10. The molecule has 0 amide bonds. The second-order valence-corrected chi connectivity index (χ2v) is 6.02. The smallest absolute Gasteiger partial charge is 0.349 e. The van der Waals surface area contributed by atoms with E-state index in [1.165, 1.54) is 0 Å². The summed E-state index contributed by atoms with van der Waals surface area (Å²) in [6, 6.07) is 5.92. The van der Waals surface area contributed by atoms with E-state index in [0.29, 0.717) is 11.7 Å². The highest BCUT2D eigenvalue weighted by Gasteiger charge is 2.18. The van der Waals surface area contributed by atoms with Crippen LogP contribution in [0.5, 0.6) is 10.9 Å². The lowest BCUT2D eigenvalue weighted by Gasteiger charge is -2.12. The van der Waals surface area contributed by atoms with E-state index in [0.717, 1.165) is 22.5 Å². The van der Waals surface area contributed by atoms with E-state index < -0.39 is 5.97 Å². The highest BCUT2D eigenvalue weighted by atomic mass is 35.5. The van der Waals surface area contributed by atoms with Gasteiger partial charge in [0.15, 0.2) is 10.0 Å². The third-order valence-corrected chi connectivity index (χ3v) is 4.06. The van der Waals surface area contributed by atoms with Crippen molar-refractivity contribution in [3.63, 3.8) is 0 Å². The summed E-state index contributed by atoms with van der Waals surface area (Å²) in [5.41, 5.74) is 2.10. The molecule has 0 spiro atoms. The standard InChI is InChI=1S/C14H14ClNO3S/c1-7(2)9-5-4-8(3)6-10(9)19-14-16-12(15)11(20-14)13(17)18/h4-7H,1-3H3,(H,17,18). The van der Waals surface area contributed by atoms with Crippen molar-refractivity contribution in [1.29, 1.82) is 0 Å². The lowest BCUT2D eigenvalue weighted by Crippen LogP contribution is -1.94. The Morgan fingerprint density at radius 3 is 2.70 bits per heavy atom. The number of thiazole rings is 1. The van der Waals surface area contributed by atoms with E-state index >= 15 is 0 Å². The van der Waals surface area contributed by atoms with Crippen LogP contribution in [0.1, 0.15) is 40.6 Å². The van der Waals surface area contributed by atoms with Gasteiger partial charge < -0.3 is 9.84 Å². The molecule has 0 atom stereocenters. The number of carbonyl (C=O) groups is 1. The normalized spacial score (nSPS) is 10.8. The summed E-state index contributed by atoms with van der Waals surface area (Å²) in [5.74, 6) is -0.127. The molecule has 0 bridgehead atoms. The number of aromatic carboxylic acids is 1. The number of carboxylic acid groups (broad SMARTS) is 1. The lowest BCUT2D eigenvalue weighted by atomic mass is 10.0. The van der Waals surface area contributed by atoms with E-state index in [9.17, 15) is 4.79 Å². The minimum absolute atomic E-state index is 0.0135. The van der Waals surface area contributed by atoms with Gasteiger partial charge in [0.2, 0.25) is 0 Å². The number of benzene rings is 1. The van der Waals surface area contributed by atoms with Crippen molar-refractivity contribution < 1.29 is 14.6 Å². The van der Waals surface area contributed by atoms with Crippen molar-refractivity contribution in [2.45, 2.75) is 26.7 Å². The summed E-state index contributed by atoms with van der Waals surface area (Å²) in [4.78, 5) is 14.9. The summed E-state index contributed by atoms with van der Waals surface area (Å²) < 4.78 is 5.72. The molecule has 0 unspecified atom stereocenters. The first kappa shape index (κ1) is 14.8. The molecule has 0 aliphatic rings. The predicted octanol–water partition coefficient (Wildman–Crippen LogP) is 4.72.